The molecule has 0 radical (unpaired) electrons. The first kappa shape index (κ1) is 12.6. The van der Waals surface area contributed by atoms with Gasteiger partial charge < -0.3 is 5.73 Å². The molecule has 4 heteroatoms. The van der Waals surface area contributed by atoms with Crippen molar-refractivity contribution >= 4 is 9.84 Å². The van der Waals surface area contributed by atoms with Gasteiger partial charge in [0.25, 0.3) is 0 Å². The van der Waals surface area contributed by atoms with E-state index >= 15 is 0 Å². The summed E-state index contributed by atoms with van der Waals surface area (Å²) < 4.78 is 25.0. The van der Waals surface area contributed by atoms with Crippen LogP contribution in [0, 0.1) is 13.8 Å². The Morgan fingerprint density at radius 3 is 2.35 bits per heavy atom. The molecule has 0 spiro atoms. The second kappa shape index (κ2) is 4.10. The topological polar surface area (TPSA) is 60.2 Å². The number of hydrogen-bond acceptors (Lipinski definition) is 3. The zero-order valence-corrected chi connectivity index (χ0v) is 11.3. The maximum absolute atomic E-state index is 12.5. The summed E-state index contributed by atoms with van der Waals surface area (Å²) in [5.74, 6) is 0. The van der Waals surface area contributed by atoms with Crippen LogP contribution in [-0.2, 0) is 9.84 Å². The van der Waals surface area contributed by atoms with Crippen LogP contribution < -0.4 is 5.73 Å². The van der Waals surface area contributed by atoms with Gasteiger partial charge in [-0.15, -0.1) is 0 Å². The third-order valence-corrected chi connectivity index (χ3v) is 6.04. The summed E-state index contributed by atoms with van der Waals surface area (Å²) in [6, 6.07) is 3.46. The first-order chi connectivity index (χ1) is 7.91. The van der Waals surface area contributed by atoms with Gasteiger partial charge in [0.05, 0.1) is 10.1 Å². The zero-order chi connectivity index (χ0) is 12.8. The van der Waals surface area contributed by atoms with Crippen LogP contribution in [0.5, 0.6) is 0 Å². The third-order valence-electron chi connectivity index (χ3n) is 3.60. The molecule has 0 saturated carbocycles. The molecule has 2 N–H and O–H groups in total. The molecule has 2 atom stereocenters. The maximum atomic E-state index is 12.5. The maximum Gasteiger partial charge on any atom is 0.183 e. The van der Waals surface area contributed by atoms with E-state index in [1.807, 2.05) is 32.9 Å². The van der Waals surface area contributed by atoms with Gasteiger partial charge in [0.1, 0.15) is 0 Å². The van der Waals surface area contributed by atoms with Crippen molar-refractivity contribution < 1.29 is 8.42 Å². The number of hydrogen-bond donors (Lipinski definition) is 1. The molecule has 1 aromatic carbocycles. The van der Waals surface area contributed by atoms with Gasteiger partial charge in [0, 0.05) is 6.04 Å². The molecule has 0 bridgehead atoms. The fourth-order valence-corrected chi connectivity index (χ4v) is 5.24. The molecule has 1 heterocycles. The van der Waals surface area contributed by atoms with E-state index in [1.165, 1.54) is 0 Å². The Morgan fingerprint density at radius 1 is 1.24 bits per heavy atom. The van der Waals surface area contributed by atoms with Crippen molar-refractivity contribution in [3.63, 3.8) is 0 Å². The lowest BCUT2D eigenvalue weighted by Crippen LogP contribution is -2.26. The summed E-state index contributed by atoms with van der Waals surface area (Å²) in [5, 5.41) is -0.442. The molecule has 1 aliphatic rings. The fourth-order valence-electron chi connectivity index (χ4n) is 2.75. The molecule has 1 aromatic rings. The van der Waals surface area contributed by atoms with Crippen molar-refractivity contribution in [1.82, 2.24) is 0 Å². The van der Waals surface area contributed by atoms with Crippen molar-refractivity contribution in [1.29, 1.82) is 0 Å². The average Bonchev–Trinajstić information content (AvgIpc) is 2.46. The van der Waals surface area contributed by atoms with E-state index in [9.17, 15) is 8.42 Å². The van der Waals surface area contributed by atoms with Gasteiger partial charge in [-0.05, 0) is 37.0 Å². The Morgan fingerprint density at radius 2 is 1.82 bits per heavy atom. The van der Waals surface area contributed by atoms with Crippen LogP contribution >= 0.6 is 0 Å². The fraction of sp³-hybridized carbons (Fsp3) is 0.538. The molecule has 0 aromatic heterocycles. The van der Waals surface area contributed by atoms with Crippen LogP contribution in [-0.4, -0.2) is 13.7 Å². The number of rotatable bonds is 2. The largest absolute Gasteiger partial charge is 0.323 e. The summed E-state index contributed by atoms with van der Waals surface area (Å²) >= 11 is 0. The number of fused-ring (bicyclic) bond motifs is 1. The molecule has 17 heavy (non-hydrogen) atoms. The average molecular weight is 253 g/mol. The molecular formula is C13H19NO2S. The van der Waals surface area contributed by atoms with E-state index in [0.717, 1.165) is 23.1 Å². The van der Waals surface area contributed by atoms with E-state index in [0.29, 0.717) is 11.3 Å². The Hall–Kier alpha value is -0.870. The summed E-state index contributed by atoms with van der Waals surface area (Å²) in [6.45, 7) is 5.77. The Labute approximate surface area is 103 Å². The van der Waals surface area contributed by atoms with Gasteiger partial charge in [-0.2, -0.15) is 0 Å². The lowest BCUT2D eigenvalue weighted by Gasteiger charge is -2.14. The summed E-state index contributed by atoms with van der Waals surface area (Å²) in [5.41, 5.74) is 8.78. The molecular weight excluding hydrogens is 234 g/mol. The molecule has 94 valence electrons. The minimum absolute atomic E-state index is 0.366. The van der Waals surface area contributed by atoms with Gasteiger partial charge in [-0.3, -0.25) is 0 Å². The molecule has 0 aliphatic carbocycles. The van der Waals surface area contributed by atoms with Crippen LogP contribution in [0.15, 0.2) is 17.0 Å². The van der Waals surface area contributed by atoms with Crippen LogP contribution in [0.2, 0.25) is 0 Å². The molecule has 0 fully saturated rings. The molecule has 0 amide bonds. The summed E-state index contributed by atoms with van der Waals surface area (Å²) in [4.78, 5) is 0.489. The van der Waals surface area contributed by atoms with Crippen LogP contribution in [0.3, 0.4) is 0 Å². The predicted octanol–water partition coefficient (Wildman–Crippen LogP) is 2.26. The Kier molecular flexibility index (Phi) is 3.04. The smallest absolute Gasteiger partial charge is 0.183 e. The third kappa shape index (κ3) is 1.70. The lowest BCUT2D eigenvalue weighted by molar-refractivity contribution is 0.555. The minimum atomic E-state index is -3.24. The second-order valence-electron chi connectivity index (χ2n) is 4.84. The summed E-state index contributed by atoms with van der Waals surface area (Å²) in [6.07, 6.45) is 1.47. The summed E-state index contributed by atoms with van der Waals surface area (Å²) in [7, 11) is -3.24. The van der Waals surface area contributed by atoms with Gasteiger partial charge in [-0.25, -0.2) is 8.42 Å². The highest BCUT2D eigenvalue weighted by Crippen LogP contribution is 2.42. The Bertz CT molecular complexity index is 549. The van der Waals surface area contributed by atoms with Gasteiger partial charge >= 0.3 is 0 Å². The van der Waals surface area contributed by atoms with Gasteiger partial charge in [-0.1, -0.05) is 25.5 Å². The van der Waals surface area contributed by atoms with Crippen molar-refractivity contribution in [2.45, 2.75) is 49.8 Å². The van der Waals surface area contributed by atoms with Crippen molar-refractivity contribution in [3.05, 3.63) is 28.8 Å². The van der Waals surface area contributed by atoms with Crippen molar-refractivity contribution in [3.8, 4) is 0 Å². The first-order valence-electron chi connectivity index (χ1n) is 6.00. The van der Waals surface area contributed by atoms with Gasteiger partial charge in [0.2, 0.25) is 0 Å². The van der Waals surface area contributed by atoms with E-state index in [2.05, 4.69) is 0 Å². The highest BCUT2D eigenvalue weighted by Gasteiger charge is 2.44. The van der Waals surface area contributed by atoms with Crippen LogP contribution in [0.25, 0.3) is 0 Å². The van der Waals surface area contributed by atoms with Crippen LogP contribution in [0.1, 0.15) is 42.5 Å². The molecule has 1 aliphatic heterocycles. The van der Waals surface area contributed by atoms with Crippen LogP contribution in [0.4, 0.5) is 0 Å². The van der Waals surface area contributed by atoms with Gasteiger partial charge in [0.15, 0.2) is 9.84 Å². The van der Waals surface area contributed by atoms with Crippen molar-refractivity contribution in [2.75, 3.05) is 0 Å². The SMILES string of the molecule is CCCC1C(N)c2c(C)ccc(C)c2S1(=O)=O. The lowest BCUT2D eigenvalue weighted by atomic mass is 9.96. The molecule has 2 rings (SSSR count). The minimum Gasteiger partial charge on any atom is -0.323 e. The second-order valence-corrected chi connectivity index (χ2v) is 6.94. The zero-order valence-electron chi connectivity index (χ0n) is 10.5. The van der Waals surface area contributed by atoms with Crippen molar-refractivity contribution in [2.24, 2.45) is 5.73 Å². The standard InChI is InChI=1S/C13H19NO2S/c1-4-5-10-12(14)11-8(2)6-7-9(3)13(11)17(10,15)16/h6-7,10,12H,4-5,14H2,1-3H3. The van der Waals surface area contributed by atoms with E-state index < -0.39 is 15.1 Å². The predicted molar refractivity (Wildman–Crippen MR) is 68.7 cm³/mol. The molecule has 2 unspecified atom stereocenters. The molecule has 0 saturated heterocycles. The molecule has 3 nitrogen and oxygen atoms in total. The highest BCUT2D eigenvalue weighted by molar-refractivity contribution is 7.92. The normalized spacial score (nSPS) is 25.9. The Balaban J connectivity index is 2.70. The first-order valence-corrected chi connectivity index (χ1v) is 7.55. The quantitative estimate of drug-likeness (QED) is 0.879. The highest BCUT2D eigenvalue weighted by atomic mass is 32.2. The number of benzene rings is 1. The number of aryl methyl sites for hydroxylation is 2. The van der Waals surface area contributed by atoms with E-state index in [-0.39, 0.29) is 6.04 Å². The monoisotopic (exact) mass is 253 g/mol. The van der Waals surface area contributed by atoms with E-state index in [1.54, 1.807) is 0 Å². The van der Waals surface area contributed by atoms with E-state index in [4.69, 9.17) is 5.73 Å². The number of nitrogens with two attached hydrogens (primary N) is 1. The number of sulfone groups is 1.